The molecule has 0 bridgehead atoms. The Morgan fingerprint density at radius 2 is 2.18 bits per heavy atom. The molecule has 0 amide bonds. The van der Waals surface area contributed by atoms with E-state index in [0.29, 0.717) is 10.8 Å². The Hall–Kier alpha value is -0.430. The van der Waals surface area contributed by atoms with Crippen LogP contribution in [0.4, 0.5) is 0 Å². The van der Waals surface area contributed by atoms with Crippen molar-refractivity contribution in [1.29, 1.82) is 0 Å². The van der Waals surface area contributed by atoms with E-state index in [1.807, 2.05) is 17.5 Å². The van der Waals surface area contributed by atoms with Crippen LogP contribution < -0.4 is 4.74 Å². The van der Waals surface area contributed by atoms with Gasteiger partial charge in [-0.05, 0) is 34.1 Å². The molecular weight excluding hydrogens is 370 g/mol. The van der Waals surface area contributed by atoms with Gasteiger partial charge in [0.05, 0.1) is 7.11 Å². The molecule has 90 valence electrons. The number of aliphatic hydroxyl groups is 1. The zero-order valence-electron chi connectivity index (χ0n) is 8.85. The number of ether oxygens (including phenoxy) is 1. The molecule has 3 nitrogen and oxygen atoms in total. The molecule has 1 heterocycles. The van der Waals surface area contributed by atoms with E-state index >= 15 is 0 Å². The highest BCUT2D eigenvalue weighted by Crippen LogP contribution is 2.33. The SMILES string of the molecule is COc1ccc(Br)c(C(O)c2nc(Br)cs2)c1. The minimum Gasteiger partial charge on any atom is -0.497 e. The predicted octanol–water partition coefficient (Wildman–Crippen LogP) is 3.76. The van der Waals surface area contributed by atoms with Gasteiger partial charge in [0.25, 0.3) is 0 Å². The smallest absolute Gasteiger partial charge is 0.132 e. The van der Waals surface area contributed by atoms with Crippen molar-refractivity contribution in [2.45, 2.75) is 6.10 Å². The molecule has 0 spiro atoms. The van der Waals surface area contributed by atoms with Crippen LogP contribution in [0.3, 0.4) is 0 Å². The minimum absolute atomic E-state index is 0.644. The van der Waals surface area contributed by atoms with E-state index in [2.05, 4.69) is 36.8 Å². The Bertz CT molecular complexity index is 530. The second-order valence-corrected chi connectivity index (χ2v) is 5.85. The summed E-state index contributed by atoms with van der Waals surface area (Å²) in [5.74, 6) is 0.706. The third-order valence-electron chi connectivity index (χ3n) is 2.23. The van der Waals surface area contributed by atoms with Crippen LogP contribution in [0.2, 0.25) is 0 Å². The van der Waals surface area contributed by atoms with Crippen molar-refractivity contribution < 1.29 is 9.84 Å². The molecule has 0 radical (unpaired) electrons. The fraction of sp³-hybridized carbons (Fsp3) is 0.182. The Labute approximate surface area is 120 Å². The van der Waals surface area contributed by atoms with Crippen molar-refractivity contribution in [3.05, 3.63) is 43.2 Å². The molecule has 6 heteroatoms. The molecule has 1 aromatic heterocycles. The first-order valence-corrected chi connectivity index (χ1v) is 7.21. The molecule has 17 heavy (non-hydrogen) atoms. The quantitative estimate of drug-likeness (QED) is 0.884. The summed E-state index contributed by atoms with van der Waals surface area (Å²) in [6, 6.07) is 5.47. The van der Waals surface area contributed by atoms with E-state index in [1.54, 1.807) is 13.2 Å². The van der Waals surface area contributed by atoms with Crippen LogP contribution in [0, 0.1) is 0 Å². The summed E-state index contributed by atoms with van der Waals surface area (Å²) in [5.41, 5.74) is 0.742. The largest absolute Gasteiger partial charge is 0.497 e. The number of benzene rings is 1. The first-order chi connectivity index (χ1) is 8.11. The number of aliphatic hydroxyl groups excluding tert-OH is 1. The maximum absolute atomic E-state index is 10.2. The van der Waals surface area contributed by atoms with Gasteiger partial charge in [0.1, 0.15) is 21.5 Å². The second kappa shape index (κ2) is 5.48. The van der Waals surface area contributed by atoms with Gasteiger partial charge in [-0.1, -0.05) is 15.9 Å². The van der Waals surface area contributed by atoms with Gasteiger partial charge in [0, 0.05) is 15.4 Å². The van der Waals surface area contributed by atoms with Gasteiger partial charge in [-0.25, -0.2) is 4.98 Å². The third kappa shape index (κ3) is 2.88. The van der Waals surface area contributed by atoms with Crippen molar-refractivity contribution >= 4 is 43.2 Å². The van der Waals surface area contributed by atoms with Crippen molar-refractivity contribution in [3.63, 3.8) is 0 Å². The Balaban J connectivity index is 2.39. The molecular formula is C11H9Br2NO2S. The molecule has 1 atom stereocenters. The Morgan fingerprint density at radius 3 is 2.76 bits per heavy atom. The minimum atomic E-state index is -0.754. The van der Waals surface area contributed by atoms with Crippen molar-refractivity contribution in [2.24, 2.45) is 0 Å². The molecule has 0 aliphatic carbocycles. The topological polar surface area (TPSA) is 42.4 Å². The van der Waals surface area contributed by atoms with E-state index < -0.39 is 6.10 Å². The van der Waals surface area contributed by atoms with Crippen LogP contribution in [-0.2, 0) is 0 Å². The van der Waals surface area contributed by atoms with Gasteiger partial charge >= 0.3 is 0 Å². The molecule has 1 N–H and O–H groups in total. The van der Waals surface area contributed by atoms with Crippen molar-refractivity contribution in [2.75, 3.05) is 7.11 Å². The fourth-order valence-corrected chi connectivity index (χ4v) is 3.11. The lowest BCUT2D eigenvalue weighted by Gasteiger charge is -2.11. The number of hydrogen-bond donors (Lipinski definition) is 1. The van der Waals surface area contributed by atoms with Crippen LogP contribution in [0.1, 0.15) is 16.7 Å². The summed E-state index contributed by atoms with van der Waals surface area (Å²) < 4.78 is 6.71. The van der Waals surface area contributed by atoms with Crippen LogP contribution in [0.5, 0.6) is 5.75 Å². The summed E-state index contributed by atoms with van der Waals surface area (Å²) in [7, 11) is 1.60. The highest BCUT2D eigenvalue weighted by atomic mass is 79.9. The van der Waals surface area contributed by atoms with Gasteiger partial charge < -0.3 is 9.84 Å². The van der Waals surface area contributed by atoms with Crippen molar-refractivity contribution in [1.82, 2.24) is 4.98 Å². The number of halogens is 2. The van der Waals surface area contributed by atoms with Gasteiger partial charge in [-0.3, -0.25) is 0 Å². The van der Waals surface area contributed by atoms with E-state index in [0.717, 1.165) is 14.6 Å². The molecule has 1 aromatic carbocycles. The van der Waals surface area contributed by atoms with Crippen LogP contribution in [0.25, 0.3) is 0 Å². The summed E-state index contributed by atoms with van der Waals surface area (Å²) >= 11 is 8.09. The third-order valence-corrected chi connectivity index (χ3v) is 4.55. The second-order valence-electron chi connectivity index (χ2n) is 3.30. The van der Waals surface area contributed by atoms with Crippen LogP contribution in [0.15, 0.2) is 32.7 Å². The summed E-state index contributed by atoms with van der Waals surface area (Å²) in [6.07, 6.45) is -0.754. The first kappa shape index (κ1) is 13.0. The molecule has 0 aliphatic rings. The average Bonchev–Trinajstić information content (AvgIpc) is 2.76. The van der Waals surface area contributed by atoms with Gasteiger partial charge in [-0.15, -0.1) is 11.3 Å². The molecule has 0 saturated heterocycles. The monoisotopic (exact) mass is 377 g/mol. The van der Waals surface area contributed by atoms with Crippen LogP contribution in [-0.4, -0.2) is 17.2 Å². The lowest BCUT2D eigenvalue weighted by Crippen LogP contribution is -2.00. The molecule has 2 aromatic rings. The first-order valence-electron chi connectivity index (χ1n) is 4.74. The summed E-state index contributed by atoms with van der Waals surface area (Å²) in [5, 5.41) is 12.7. The van der Waals surface area contributed by atoms with E-state index in [9.17, 15) is 5.11 Å². The maximum Gasteiger partial charge on any atom is 0.132 e. The summed E-state index contributed by atoms with van der Waals surface area (Å²) in [6.45, 7) is 0. The Morgan fingerprint density at radius 1 is 1.41 bits per heavy atom. The number of nitrogens with zero attached hydrogens (tertiary/aromatic N) is 1. The summed E-state index contributed by atoms with van der Waals surface area (Å²) in [4.78, 5) is 4.21. The lowest BCUT2D eigenvalue weighted by molar-refractivity contribution is 0.218. The normalized spacial score (nSPS) is 12.5. The van der Waals surface area contributed by atoms with E-state index in [-0.39, 0.29) is 0 Å². The van der Waals surface area contributed by atoms with Gasteiger partial charge in [0.15, 0.2) is 0 Å². The van der Waals surface area contributed by atoms with Gasteiger partial charge in [-0.2, -0.15) is 0 Å². The van der Waals surface area contributed by atoms with E-state index in [4.69, 9.17) is 4.74 Å². The number of hydrogen-bond acceptors (Lipinski definition) is 4. The van der Waals surface area contributed by atoms with Gasteiger partial charge in [0.2, 0.25) is 0 Å². The van der Waals surface area contributed by atoms with Crippen molar-refractivity contribution in [3.8, 4) is 5.75 Å². The predicted molar refractivity (Wildman–Crippen MR) is 74.6 cm³/mol. The zero-order chi connectivity index (χ0) is 12.4. The molecule has 0 fully saturated rings. The Kier molecular flexibility index (Phi) is 4.19. The lowest BCUT2D eigenvalue weighted by atomic mass is 10.1. The molecule has 0 aliphatic heterocycles. The zero-order valence-corrected chi connectivity index (χ0v) is 12.8. The molecule has 2 rings (SSSR count). The molecule has 1 unspecified atom stereocenters. The highest BCUT2D eigenvalue weighted by Gasteiger charge is 2.17. The van der Waals surface area contributed by atoms with E-state index in [1.165, 1.54) is 11.3 Å². The number of rotatable bonds is 3. The average molecular weight is 379 g/mol. The highest BCUT2D eigenvalue weighted by molar-refractivity contribution is 9.10. The molecule has 0 saturated carbocycles. The standard InChI is InChI=1S/C11H9Br2NO2S/c1-16-6-2-3-8(12)7(4-6)10(15)11-14-9(13)5-17-11/h2-5,10,15H,1H3. The number of thiazole rings is 1. The maximum atomic E-state index is 10.2. The number of methoxy groups -OCH3 is 1. The number of aromatic nitrogens is 1. The fourth-order valence-electron chi connectivity index (χ4n) is 1.38. The van der Waals surface area contributed by atoms with Crippen LogP contribution >= 0.6 is 43.2 Å².